The molecular formula is C28H44N2O4. The lowest BCUT2D eigenvalue weighted by molar-refractivity contribution is -0.160. The van der Waals surface area contributed by atoms with E-state index in [1.165, 1.54) is 25.7 Å². The van der Waals surface area contributed by atoms with Crippen LogP contribution in [-0.4, -0.2) is 29.2 Å². The molecule has 4 atom stereocenters. The molecule has 0 spiro atoms. The van der Waals surface area contributed by atoms with Gasteiger partial charge in [0.05, 0.1) is 0 Å². The first-order chi connectivity index (χ1) is 16.4. The van der Waals surface area contributed by atoms with E-state index < -0.39 is 0 Å². The molecule has 0 bridgehead atoms. The second kappa shape index (κ2) is 13.2. The highest BCUT2D eigenvalue weighted by Gasteiger charge is 2.37. The predicted molar refractivity (Wildman–Crippen MR) is 133 cm³/mol. The monoisotopic (exact) mass is 472 g/mol. The Labute approximate surface area is 205 Å². The molecule has 0 aromatic heterocycles. The smallest absolute Gasteiger partial charge is 0.323 e. The Morgan fingerprint density at radius 2 is 1.71 bits per heavy atom. The third-order valence-electron chi connectivity index (χ3n) is 7.92. The summed E-state index contributed by atoms with van der Waals surface area (Å²) in [5.74, 6) is 1.46. The quantitative estimate of drug-likeness (QED) is 0.248. The molecule has 0 heterocycles. The van der Waals surface area contributed by atoms with E-state index in [0.29, 0.717) is 36.6 Å². The first-order valence-electron chi connectivity index (χ1n) is 13.3. The van der Waals surface area contributed by atoms with Crippen molar-refractivity contribution in [2.45, 2.75) is 104 Å². The molecule has 6 heteroatoms. The van der Waals surface area contributed by atoms with Gasteiger partial charge in [0.2, 0.25) is 5.91 Å². The van der Waals surface area contributed by atoms with E-state index in [0.717, 1.165) is 36.8 Å². The van der Waals surface area contributed by atoms with Crippen LogP contribution < -0.4 is 10.8 Å². The van der Waals surface area contributed by atoms with E-state index in [1.54, 1.807) is 5.48 Å². The van der Waals surface area contributed by atoms with Crippen LogP contribution in [-0.2, 0) is 27.3 Å². The average molecular weight is 473 g/mol. The molecule has 1 amide bonds. The van der Waals surface area contributed by atoms with Crippen molar-refractivity contribution in [3.05, 3.63) is 35.4 Å². The van der Waals surface area contributed by atoms with Crippen molar-refractivity contribution in [3.63, 3.8) is 0 Å². The highest BCUT2D eigenvalue weighted by Crippen LogP contribution is 2.36. The number of benzene rings is 1. The molecule has 2 saturated carbocycles. The predicted octanol–water partition coefficient (Wildman–Crippen LogP) is 5.17. The highest BCUT2D eigenvalue weighted by atomic mass is 16.5. The van der Waals surface area contributed by atoms with Crippen LogP contribution >= 0.6 is 0 Å². The van der Waals surface area contributed by atoms with Crippen LogP contribution in [0.4, 0.5) is 0 Å². The number of esters is 1. The number of nitrogens with one attached hydrogen (secondary N) is 2. The molecule has 0 radical (unpaired) electrons. The maximum absolute atomic E-state index is 13.5. The minimum atomic E-state index is -0.383. The van der Waals surface area contributed by atoms with Gasteiger partial charge in [-0.1, -0.05) is 70.7 Å². The van der Waals surface area contributed by atoms with Crippen LogP contribution in [0.25, 0.3) is 0 Å². The Morgan fingerprint density at radius 1 is 1.03 bits per heavy atom. The minimum absolute atomic E-state index is 0.0274. The Hall–Kier alpha value is -1.92. The zero-order valence-electron chi connectivity index (χ0n) is 21.2. The summed E-state index contributed by atoms with van der Waals surface area (Å²) in [7, 11) is 0. The molecule has 1 aromatic rings. The van der Waals surface area contributed by atoms with Crippen molar-refractivity contribution in [1.82, 2.24) is 10.8 Å². The number of hydroxylamine groups is 1. The third kappa shape index (κ3) is 7.81. The van der Waals surface area contributed by atoms with Crippen molar-refractivity contribution in [3.8, 4) is 0 Å². The second-order valence-electron chi connectivity index (χ2n) is 10.9. The Kier molecular flexibility index (Phi) is 10.4. The van der Waals surface area contributed by atoms with E-state index in [9.17, 15) is 9.59 Å². The molecule has 0 saturated heterocycles. The van der Waals surface area contributed by atoms with E-state index in [-0.39, 0.29) is 30.4 Å². The van der Waals surface area contributed by atoms with Gasteiger partial charge in [-0.2, -0.15) is 0 Å². The molecule has 3 N–H and O–H groups in total. The van der Waals surface area contributed by atoms with E-state index in [1.807, 2.05) is 24.3 Å². The lowest BCUT2D eigenvalue weighted by atomic mass is 9.75. The summed E-state index contributed by atoms with van der Waals surface area (Å²) in [5, 5.41) is 12.2. The van der Waals surface area contributed by atoms with Gasteiger partial charge in [0.15, 0.2) is 0 Å². The van der Waals surface area contributed by atoms with Gasteiger partial charge >= 0.3 is 5.97 Å². The molecule has 2 aliphatic carbocycles. The standard InChI is InChI=1S/C28H44N2O4/c1-19(2)24-15-9-20(3)17-25(24)34-28(32)27(23-7-5-4-6-8-23)29-18-22-12-10-21(11-13-22)14-16-26(31)30-33/h10-13,19-20,23-25,27,29,33H,4-9,14-18H2,1-3H3,(H,30,31)/t20-,24+,25-,27-/m0/s1. The molecule has 2 fully saturated rings. The first kappa shape index (κ1) is 26.7. The number of carbonyl (C=O) groups is 2. The van der Waals surface area contributed by atoms with Crippen molar-refractivity contribution >= 4 is 11.9 Å². The zero-order chi connectivity index (χ0) is 24.5. The van der Waals surface area contributed by atoms with E-state index >= 15 is 0 Å². The summed E-state index contributed by atoms with van der Waals surface area (Å²) in [6.07, 6.45) is 9.97. The maximum atomic E-state index is 13.5. The van der Waals surface area contributed by atoms with Crippen LogP contribution in [0.3, 0.4) is 0 Å². The van der Waals surface area contributed by atoms with E-state index in [4.69, 9.17) is 9.94 Å². The van der Waals surface area contributed by atoms with Gasteiger partial charge in [-0.3, -0.25) is 14.8 Å². The number of ether oxygens (including phenoxy) is 1. The Bertz CT molecular complexity index is 773. The van der Waals surface area contributed by atoms with Gasteiger partial charge in [0.1, 0.15) is 12.1 Å². The number of hydrogen-bond acceptors (Lipinski definition) is 5. The van der Waals surface area contributed by atoms with Crippen LogP contribution in [0.1, 0.15) is 89.7 Å². The topological polar surface area (TPSA) is 87.7 Å². The molecule has 190 valence electrons. The largest absolute Gasteiger partial charge is 0.461 e. The molecule has 3 rings (SSSR count). The zero-order valence-corrected chi connectivity index (χ0v) is 21.2. The third-order valence-corrected chi connectivity index (χ3v) is 7.92. The number of aryl methyl sites for hydroxylation is 1. The molecule has 6 nitrogen and oxygen atoms in total. The second-order valence-corrected chi connectivity index (χ2v) is 10.9. The Balaban J connectivity index is 1.62. The average Bonchev–Trinajstić information content (AvgIpc) is 2.84. The first-order valence-corrected chi connectivity index (χ1v) is 13.3. The molecule has 34 heavy (non-hydrogen) atoms. The van der Waals surface area contributed by atoms with Gasteiger partial charge in [-0.05, 0) is 66.9 Å². The summed E-state index contributed by atoms with van der Waals surface area (Å²) < 4.78 is 6.26. The number of hydrogen-bond donors (Lipinski definition) is 3. The van der Waals surface area contributed by atoms with Crippen LogP contribution in [0, 0.1) is 23.7 Å². The van der Waals surface area contributed by atoms with Crippen molar-refractivity contribution in [2.24, 2.45) is 23.7 Å². The highest BCUT2D eigenvalue weighted by molar-refractivity contribution is 5.76. The van der Waals surface area contributed by atoms with Gasteiger partial charge < -0.3 is 10.1 Å². The lowest BCUT2D eigenvalue weighted by Crippen LogP contribution is -2.47. The fourth-order valence-corrected chi connectivity index (χ4v) is 5.75. The molecule has 1 aromatic carbocycles. The maximum Gasteiger partial charge on any atom is 0.323 e. The summed E-state index contributed by atoms with van der Waals surface area (Å²) in [4.78, 5) is 24.7. The Morgan fingerprint density at radius 3 is 2.35 bits per heavy atom. The number of rotatable bonds is 10. The molecule has 0 aliphatic heterocycles. The van der Waals surface area contributed by atoms with Crippen molar-refractivity contribution in [2.75, 3.05) is 0 Å². The van der Waals surface area contributed by atoms with Crippen molar-refractivity contribution in [1.29, 1.82) is 0 Å². The van der Waals surface area contributed by atoms with Gasteiger partial charge in [0.25, 0.3) is 0 Å². The minimum Gasteiger partial charge on any atom is -0.461 e. The molecular weight excluding hydrogens is 428 g/mol. The lowest BCUT2D eigenvalue weighted by Gasteiger charge is -2.38. The van der Waals surface area contributed by atoms with Crippen LogP contribution in [0.15, 0.2) is 24.3 Å². The molecule has 2 aliphatic rings. The SMILES string of the molecule is CC(C)[C@H]1CC[C@H](C)C[C@@H]1OC(=O)[C@@H](NCc1ccc(CCC(=O)NO)cc1)C1CCCCC1. The summed E-state index contributed by atoms with van der Waals surface area (Å²) in [6, 6.07) is 7.83. The fourth-order valence-electron chi connectivity index (χ4n) is 5.75. The van der Waals surface area contributed by atoms with Gasteiger partial charge in [0, 0.05) is 13.0 Å². The van der Waals surface area contributed by atoms with Gasteiger partial charge in [-0.25, -0.2) is 5.48 Å². The number of carbonyl (C=O) groups excluding carboxylic acids is 2. The van der Waals surface area contributed by atoms with Crippen LogP contribution in [0.2, 0.25) is 0 Å². The van der Waals surface area contributed by atoms with Crippen molar-refractivity contribution < 1.29 is 19.5 Å². The molecule has 0 unspecified atom stereocenters. The number of amides is 1. The van der Waals surface area contributed by atoms with E-state index in [2.05, 4.69) is 26.1 Å². The van der Waals surface area contributed by atoms with Gasteiger partial charge in [-0.15, -0.1) is 0 Å². The normalized spacial score (nSPS) is 24.6. The fraction of sp³-hybridized carbons (Fsp3) is 0.714. The summed E-state index contributed by atoms with van der Waals surface area (Å²) in [6.45, 7) is 7.38. The summed E-state index contributed by atoms with van der Waals surface area (Å²) >= 11 is 0. The summed E-state index contributed by atoms with van der Waals surface area (Å²) in [5.41, 5.74) is 3.82. The van der Waals surface area contributed by atoms with Crippen LogP contribution in [0.5, 0.6) is 0 Å².